The highest BCUT2D eigenvalue weighted by molar-refractivity contribution is 5.51. The molecule has 1 fully saturated rings. The molecule has 0 amide bonds. The minimum absolute atomic E-state index is 0.601. The SMILES string of the molecule is COc1ccc(CCN2CC[C@@H](CNc3ncccc3C#N)C2)cc1. The van der Waals surface area contributed by atoms with Crippen molar-refractivity contribution in [3.8, 4) is 11.8 Å². The Hall–Kier alpha value is -2.58. The molecule has 0 spiro atoms. The Morgan fingerprint density at radius 2 is 2.16 bits per heavy atom. The van der Waals surface area contributed by atoms with Crippen molar-refractivity contribution in [1.82, 2.24) is 9.88 Å². The molecule has 25 heavy (non-hydrogen) atoms. The Kier molecular flexibility index (Phi) is 5.86. The number of benzene rings is 1. The van der Waals surface area contributed by atoms with Gasteiger partial charge >= 0.3 is 0 Å². The monoisotopic (exact) mass is 336 g/mol. The standard InChI is InChI=1S/C20H24N4O/c1-25-19-6-4-16(5-7-19)8-11-24-12-9-17(15-24)14-23-20-18(13-21)3-2-10-22-20/h2-7,10,17H,8-9,11-12,14-15H2,1H3,(H,22,23)/t17-/m0/s1. The number of hydrogen-bond acceptors (Lipinski definition) is 5. The van der Waals surface area contributed by atoms with Crippen molar-refractivity contribution in [3.63, 3.8) is 0 Å². The summed E-state index contributed by atoms with van der Waals surface area (Å²) in [5.41, 5.74) is 1.95. The van der Waals surface area contributed by atoms with Gasteiger partial charge in [0.2, 0.25) is 0 Å². The summed E-state index contributed by atoms with van der Waals surface area (Å²) in [4.78, 5) is 6.78. The van der Waals surface area contributed by atoms with Gasteiger partial charge in [-0.1, -0.05) is 12.1 Å². The summed E-state index contributed by atoms with van der Waals surface area (Å²) < 4.78 is 5.20. The second-order valence-corrected chi connectivity index (χ2v) is 6.45. The number of anilines is 1. The van der Waals surface area contributed by atoms with E-state index in [1.807, 2.05) is 12.1 Å². The van der Waals surface area contributed by atoms with Gasteiger partial charge in [-0.25, -0.2) is 4.98 Å². The fourth-order valence-electron chi connectivity index (χ4n) is 3.24. The number of nitriles is 1. The lowest BCUT2D eigenvalue weighted by atomic mass is 10.1. The van der Waals surface area contributed by atoms with Crippen LogP contribution in [0.25, 0.3) is 0 Å². The quantitative estimate of drug-likeness (QED) is 0.842. The van der Waals surface area contributed by atoms with Crippen molar-refractivity contribution < 1.29 is 4.74 Å². The van der Waals surface area contributed by atoms with Crippen LogP contribution >= 0.6 is 0 Å². The van der Waals surface area contributed by atoms with E-state index in [1.165, 1.54) is 12.0 Å². The van der Waals surface area contributed by atoms with Crippen molar-refractivity contribution in [2.45, 2.75) is 12.8 Å². The van der Waals surface area contributed by atoms with Gasteiger partial charge in [0.15, 0.2) is 0 Å². The minimum Gasteiger partial charge on any atom is -0.497 e. The molecular weight excluding hydrogens is 312 g/mol. The first-order valence-electron chi connectivity index (χ1n) is 8.73. The second kappa shape index (κ2) is 8.50. The molecule has 2 aromatic rings. The molecule has 0 unspecified atom stereocenters. The van der Waals surface area contributed by atoms with Crippen molar-refractivity contribution in [2.24, 2.45) is 5.92 Å². The molecule has 1 atom stereocenters. The van der Waals surface area contributed by atoms with Crippen LogP contribution in [0, 0.1) is 17.2 Å². The molecule has 1 aromatic heterocycles. The zero-order chi connectivity index (χ0) is 17.5. The topological polar surface area (TPSA) is 61.2 Å². The summed E-state index contributed by atoms with van der Waals surface area (Å²) in [6.45, 7) is 4.17. The fourth-order valence-corrected chi connectivity index (χ4v) is 3.24. The van der Waals surface area contributed by atoms with Gasteiger partial charge in [0.25, 0.3) is 0 Å². The maximum Gasteiger partial charge on any atom is 0.143 e. The van der Waals surface area contributed by atoms with Crippen LogP contribution in [0.3, 0.4) is 0 Å². The highest BCUT2D eigenvalue weighted by atomic mass is 16.5. The lowest BCUT2D eigenvalue weighted by molar-refractivity contribution is 0.330. The number of ether oxygens (including phenoxy) is 1. The van der Waals surface area contributed by atoms with Gasteiger partial charge in [-0.15, -0.1) is 0 Å². The number of likely N-dealkylation sites (tertiary alicyclic amines) is 1. The number of aromatic nitrogens is 1. The molecule has 1 saturated heterocycles. The Labute approximate surface area is 149 Å². The van der Waals surface area contributed by atoms with Crippen LogP contribution in [0.1, 0.15) is 17.5 Å². The zero-order valence-electron chi connectivity index (χ0n) is 14.6. The molecule has 1 aromatic carbocycles. The van der Waals surface area contributed by atoms with Gasteiger partial charge in [-0.05, 0) is 55.1 Å². The van der Waals surface area contributed by atoms with Crippen LogP contribution < -0.4 is 10.1 Å². The van der Waals surface area contributed by atoms with Gasteiger partial charge in [0, 0.05) is 25.8 Å². The average molecular weight is 336 g/mol. The normalized spacial score (nSPS) is 17.2. The fraction of sp³-hybridized carbons (Fsp3) is 0.400. The van der Waals surface area contributed by atoms with E-state index in [2.05, 4.69) is 33.4 Å². The third-order valence-electron chi connectivity index (χ3n) is 4.73. The van der Waals surface area contributed by atoms with Gasteiger partial charge in [-0.3, -0.25) is 0 Å². The van der Waals surface area contributed by atoms with Gasteiger partial charge in [0.1, 0.15) is 17.6 Å². The summed E-state index contributed by atoms with van der Waals surface area (Å²) in [5, 5.41) is 12.5. The molecule has 1 N–H and O–H groups in total. The van der Waals surface area contributed by atoms with Crippen LogP contribution in [0.4, 0.5) is 5.82 Å². The molecule has 5 nitrogen and oxygen atoms in total. The first-order chi connectivity index (χ1) is 12.3. The largest absolute Gasteiger partial charge is 0.497 e. The molecule has 1 aliphatic rings. The lowest BCUT2D eigenvalue weighted by Crippen LogP contribution is -2.25. The minimum atomic E-state index is 0.601. The second-order valence-electron chi connectivity index (χ2n) is 6.45. The van der Waals surface area contributed by atoms with Gasteiger partial charge < -0.3 is 15.0 Å². The van der Waals surface area contributed by atoms with E-state index in [1.54, 1.807) is 25.4 Å². The Bertz CT molecular complexity index is 723. The number of nitrogens with one attached hydrogen (secondary N) is 1. The van der Waals surface area contributed by atoms with Crippen molar-refractivity contribution in [1.29, 1.82) is 5.26 Å². The molecule has 0 saturated carbocycles. The predicted octanol–water partition coefficient (Wildman–Crippen LogP) is 2.94. The average Bonchev–Trinajstić information content (AvgIpc) is 3.13. The first-order valence-corrected chi connectivity index (χ1v) is 8.73. The van der Waals surface area contributed by atoms with Crippen LogP contribution in [0.2, 0.25) is 0 Å². The summed E-state index contributed by atoms with van der Waals surface area (Å²) >= 11 is 0. The number of methoxy groups -OCH3 is 1. The van der Waals surface area contributed by atoms with Crippen LogP contribution in [-0.2, 0) is 6.42 Å². The smallest absolute Gasteiger partial charge is 0.143 e. The maximum atomic E-state index is 9.12. The van der Waals surface area contributed by atoms with Crippen molar-refractivity contribution in [3.05, 3.63) is 53.7 Å². The van der Waals surface area contributed by atoms with E-state index in [0.29, 0.717) is 17.3 Å². The van der Waals surface area contributed by atoms with Crippen molar-refractivity contribution >= 4 is 5.82 Å². The van der Waals surface area contributed by atoms with E-state index >= 15 is 0 Å². The summed E-state index contributed by atoms with van der Waals surface area (Å²) in [6, 6.07) is 14.1. The molecule has 130 valence electrons. The van der Waals surface area contributed by atoms with Gasteiger partial charge in [0.05, 0.1) is 12.7 Å². The third kappa shape index (κ3) is 4.71. The van der Waals surface area contributed by atoms with E-state index in [4.69, 9.17) is 10.00 Å². The lowest BCUT2D eigenvalue weighted by Gasteiger charge is -2.16. The molecular formula is C20H24N4O. The summed E-state index contributed by atoms with van der Waals surface area (Å²) in [6.07, 6.45) is 3.96. The number of hydrogen-bond donors (Lipinski definition) is 1. The Morgan fingerprint density at radius 3 is 2.92 bits per heavy atom. The van der Waals surface area contributed by atoms with Crippen LogP contribution in [0.5, 0.6) is 5.75 Å². The number of rotatable bonds is 7. The van der Waals surface area contributed by atoms with Crippen molar-refractivity contribution in [2.75, 3.05) is 38.6 Å². The highest BCUT2D eigenvalue weighted by Gasteiger charge is 2.22. The predicted molar refractivity (Wildman–Crippen MR) is 98.7 cm³/mol. The molecule has 5 heteroatoms. The molecule has 0 aliphatic carbocycles. The zero-order valence-corrected chi connectivity index (χ0v) is 14.6. The van der Waals surface area contributed by atoms with E-state index < -0.39 is 0 Å². The maximum absolute atomic E-state index is 9.12. The Balaban J connectivity index is 1.43. The molecule has 2 heterocycles. The molecule has 0 radical (unpaired) electrons. The number of nitrogens with zero attached hydrogens (tertiary/aromatic N) is 3. The van der Waals surface area contributed by atoms with E-state index in [0.717, 1.165) is 38.3 Å². The van der Waals surface area contributed by atoms with E-state index in [-0.39, 0.29) is 0 Å². The summed E-state index contributed by atoms with van der Waals surface area (Å²) in [5.74, 6) is 2.20. The highest BCUT2D eigenvalue weighted by Crippen LogP contribution is 2.19. The van der Waals surface area contributed by atoms with Crippen LogP contribution in [0.15, 0.2) is 42.6 Å². The summed E-state index contributed by atoms with van der Waals surface area (Å²) in [7, 11) is 1.69. The van der Waals surface area contributed by atoms with Gasteiger partial charge in [-0.2, -0.15) is 5.26 Å². The molecule has 0 bridgehead atoms. The number of pyridine rings is 1. The third-order valence-corrected chi connectivity index (χ3v) is 4.73. The first kappa shape index (κ1) is 17.2. The van der Waals surface area contributed by atoms with E-state index in [9.17, 15) is 0 Å². The van der Waals surface area contributed by atoms with Crippen LogP contribution in [-0.4, -0.2) is 43.2 Å². The molecule has 3 rings (SSSR count). The Morgan fingerprint density at radius 1 is 1.32 bits per heavy atom. The molecule has 1 aliphatic heterocycles.